The van der Waals surface area contributed by atoms with Gasteiger partial charge in [0.1, 0.15) is 6.61 Å². The Kier molecular flexibility index (Phi) is 6.45. The molecule has 0 aromatic rings. The molecule has 0 aromatic heterocycles. The molecule has 0 atom stereocenters. The molecule has 122 valence electrons. The van der Waals surface area contributed by atoms with Crippen LogP contribution in [0.3, 0.4) is 0 Å². The van der Waals surface area contributed by atoms with Crippen LogP contribution in [-0.4, -0.2) is 46.3 Å². The van der Waals surface area contributed by atoms with E-state index in [1.165, 1.54) is 0 Å². The van der Waals surface area contributed by atoms with Crippen molar-refractivity contribution in [3.05, 3.63) is 0 Å². The van der Waals surface area contributed by atoms with Crippen molar-refractivity contribution >= 4 is 7.82 Å². The van der Waals surface area contributed by atoms with Gasteiger partial charge in [-0.1, -0.05) is 0 Å². The molecule has 0 aliphatic rings. The smallest absolute Gasteiger partial charge is 0.317 e. The third-order valence-corrected chi connectivity index (χ3v) is 3.05. The average molecular weight is 336 g/mol. The third-order valence-electron chi connectivity index (χ3n) is 1.71. The molecule has 0 aliphatic heterocycles. The first-order chi connectivity index (χ1) is 8.85. The van der Waals surface area contributed by atoms with Gasteiger partial charge in [-0.3, -0.25) is 13.6 Å². The molecule has 20 heavy (non-hydrogen) atoms. The summed E-state index contributed by atoms with van der Waals surface area (Å²) in [7, 11) is -2.73. The molecule has 0 aromatic carbocycles. The highest BCUT2D eigenvalue weighted by atomic mass is 31.2. The van der Waals surface area contributed by atoms with Crippen molar-refractivity contribution in [1.29, 1.82) is 0 Å². The minimum atomic E-state index is -5.65. The van der Waals surface area contributed by atoms with Gasteiger partial charge in [-0.15, -0.1) is 0 Å². The van der Waals surface area contributed by atoms with E-state index < -0.39 is 32.8 Å². The normalized spacial score (nSPS) is 14.7. The van der Waals surface area contributed by atoms with E-state index in [4.69, 9.17) is 0 Å². The summed E-state index contributed by atoms with van der Waals surface area (Å²) in [6, 6.07) is 0. The second-order valence-corrected chi connectivity index (χ2v) is 4.95. The Morgan fingerprint density at radius 2 is 1.35 bits per heavy atom. The third kappa shape index (κ3) is 5.19. The van der Waals surface area contributed by atoms with Crippen molar-refractivity contribution in [2.24, 2.45) is 0 Å². The summed E-state index contributed by atoms with van der Waals surface area (Å²) in [5.41, 5.74) is 0. The first-order valence-electron chi connectivity index (χ1n) is 4.59. The Morgan fingerprint density at radius 3 is 1.70 bits per heavy atom. The number of hydrogen-bond donors (Lipinski definition) is 0. The van der Waals surface area contributed by atoms with E-state index in [0.29, 0.717) is 0 Å². The Balaban J connectivity index is 4.80. The largest absolute Gasteiger partial charge is 0.474 e. The van der Waals surface area contributed by atoms with Crippen LogP contribution in [0, 0.1) is 0 Å². The molecular weight excluding hydrogens is 325 g/mol. The van der Waals surface area contributed by atoms with Gasteiger partial charge in [0.2, 0.25) is 0 Å². The van der Waals surface area contributed by atoms with E-state index in [0.717, 1.165) is 14.2 Å². The zero-order valence-electron chi connectivity index (χ0n) is 10.4. The first kappa shape index (κ1) is 19.6. The second-order valence-electron chi connectivity index (χ2n) is 3.06. The standard InChI is InChI=1S/C7H11F6O6P/c1-15-6(10,11)7(12,13)19-5(8,9)4-18-20(14,16-2)17-3/h4H2,1-3H3. The molecule has 6 nitrogen and oxygen atoms in total. The molecule has 13 heteroatoms. The lowest BCUT2D eigenvalue weighted by atomic mass is 10.5. The molecule has 0 rings (SSSR count). The van der Waals surface area contributed by atoms with Crippen molar-refractivity contribution in [2.45, 2.75) is 18.3 Å². The molecule has 0 heterocycles. The zero-order valence-corrected chi connectivity index (χ0v) is 11.3. The second kappa shape index (κ2) is 6.58. The minimum Gasteiger partial charge on any atom is -0.317 e. The van der Waals surface area contributed by atoms with Gasteiger partial charge in [0.25, 0.3) is 0 Å². The van der Waals surface area contributed by atoms with E-state index in [2.05, 4.69) is 23.0 Å². The number of hydrogen-bond acceptors (Lipinski definition) is 6. The highest BCUT2D eigenvalue weighted by Gasteiger charge is 2.63. The SMILES string of the molecule is COC(F)(F)C(F)(F)OC(F)(F)COP(=O)(OC)OC. The van der Waals surface area contributed by atoms with Crippen LogP contribution in [0.15, 0.2) is 0 Å². The molecule has 0 N–H and O–H groups in total. The number of phosphoric ester groups is 1. The van der Waals surface area contributed by atoms with E-state index >= 15 is 0 Å². The summed E-state index contributed by atoms with van der Waals surface area (Å²) in [5.74, 6) is 0. The monoisotopic (exact) mass is 336 g/mol. The van der Waals surface area contributed by atoms with Crippen molar-refractivity contribution in [2.75, 3.05) is 27.9 Å². The fourth-order valence-electron chi connectivity index (χ4n) is 0.729. The molecule has 0 spiro atoms. The van der Waals surface area contributed by atoms with Gasteiger partial charge in [0.15, 0.2) is 0 Å². The topological polar surface area (TPSA) is 63.2 Å². The van der Waals surface area contributed by atoms with Crippen molar-refractivity contribution < 1.29 is 54.0 Å². The molecule has 0 radical (unpaired) electrons. The van der Waals surface area contributed by atoms with Crippen molar-refractivity contribution in [3.8, 4) is 0 Å². The summed E-state index contributed by atoms with van der Waals surface area (Å²) in [4.78, 5) is 0. The molecule has 0 saturated carbocycles. The van der Waals surface area contributed by atoms with Crippen molar-refractivity contribution in [1.82, 2.24) is 0 Å². The van der Waals surface area contributed by atoms with E-state index in [1.54, 1.807) is 0 Å². The van der Waals surface area contributed by atoms with Gasteiger partial charge in [-0.05, 0) is 0 Å². The summed E-state index contributed by atoms with van der Waals surface area (Å²) in [6.07, 6.45) is -15.9. The number of methoxy groups -OCH3 is 1. The highest BCUT2D eigenvalue weighted by Crippen LogP contribution is 2.49. The predicted octanol–water partition coefficient (Wildman–Crippen LogP) is 2.85. The molecule has 0 aliphatic carbocycles. The quantitative estimate of drug-likeness (QED) is 0.477. The van der Waals surface area contributed by atoms with Crippen LogP contribution in [-0.2, 0) is 27.6 Å². The minimum absolute atomic E-state index is 0.163. The van der Waals surface area contributed by atoms with Gasteiger partial charge < -0.3 is 4.74 Å². The Bertz CT molecular complexity index is 356. The van der Waals surface area contributed by atoms with Crippen LogP contribution in [0.4, 0.5) is 26.3 Å². The number of rotatable bonds is 9. The fraction of sp³-hybridized carbons (Fsp3) is 1.00. The number of halogens is 6. The lowest BCUT2D eigenvalue weighted by Crippen LogP contribution is -2.49. The summed E-state index contributed by atoms with van der Waals surface area (Å²) in [5, 5.41) is 0. The van der Waals surface area contributed by atoms with Gasteiger partial charge in [-0.2, -0.15) is 26.3 Å². The van der Waals surface area contributed by atoms with Crippen LogP contribution in [0.1, 0.15) is 0 Å². The van der Waals surface area contributed by atoms with Crippen molar-refractivity contribution in [3.63, 3.8) is 0 Å². The van der Waals surface area contributed by atoms with Gasteiger partial charge in [0.05, 0.1) is 0 Å². The lowest BCUT2D eigenvalue weighted by Gasteiger charge is -2.28. The first-order valence-corrected chi connectivity index (χ1v) is 6.05. The van der Waals surface area contributed by atoms with E-state index in [9.17, 15) is 30.9 Å². The molecule has 0 fully saturated rings. The van der Waals surface area contributed by atoms with Crippen LogP contribution in [0.25, 0.3) is 0 Å². The lowest BCUT2D eigenvalue weighted by molar-refractivity contribution is -0.479. The van der Waals surface area contributed by atoms with Crippen LogP contribution in [0.5, 0.6) is 0 Å². The Morgan fingerprint density at radius 1 is 0.900 bits per heavy atom. The van der Waals surface area contributed by atoms with Crippen LogP contribution < -0.4 is 0 Å². The average Bonchev–Trinajstić information content (AvgIpc) is 2.34. The summed E-state index contributed by atoms with van der Waals surface area (Å²) < 4.78 is 105. The molecule has 0 unspecified atom stereocenters. The van der Waals surface area contributed by atoms with Gasteiger partial charge in [0, 0.05) is 21.3 Å². The van der Waals surface area contributed by atoms with Gasteiger partial charge in [-0.25, -0.2) is 9.30 Å². The molecular formula is C7H11F6O6P. The van der Waals surface area contributed by atoms with Crippen LogP contribution in [0.2, 0.25) is 0 Å². The summed E-state index contributed by atoms with van der Waals surface area (Å²) in [6.45, 7) is -2.08. The maximum absolute atomic E-state index is 12.9. The molecule has 0 bridgehead atoms. The maximum Gasteiger partial charge on any atom is 0.474 e. The fourth-order valence-corrected chi connectivity index (χ4v) is 1.40. The Labute approximate surface area is 109 Å². The Hall–Kier alpha value is -0.390. The number of alkyl halides is 6. The highest BCUT2D eigenvalue weighted by molar-refractivity contribution is 7.48. The molecule has 0 amide bonds. The van der Waals surface area contributed by atoms with Gasteiger partial charge >= 0.3 is 26.1 Å². The van der Waals surface area contributed by atoms with Crippen LogP contribution >= 0.6 is 7.82 Å². The zero-order chi connectivity index (χ0) is 16.2. The van der Waals surface area contributed by atoms with E-state index in [1.807, 2.05) is 0 Å². The number of phosphoric acid groups is 1. The number of ether oxygens (including phenoxy) is 2. The maximum atomic E-state index is 12.9. The summed E-state index contributed by atoms with van der Waals surface area (Å²) >= 11 is 0. The van der Waals surface area contributed by atoms with E-state index in [-0.39, 0.29) is 7.11 Å². The molecule has 0 saturated heterocycles. The predicted molar refractivity (Wildman–Crippen MR) is 50.5 cm³/mol.